The Hall–Kier alpha value is -2.29. The van der Waals surface area contributed by atoms with Crippen LogP contribution in [0.25, 0.3) is 6.08 Å². The average Bonchev–Trinajstić information content (AvgIpc) is 3.04. The lowest BCUT2D eigenvalue weighted by atomic mass is 9.81. The highest BCUT2D eigenvalue weighted by atomic mass is 16.5. The fraction of sp³-hybridized carbons (Fsp3) is 0.278. The number of allylic oxidation sites excluding steroid dienone is 1. The van der Waals surface area contributed by atoms with Crippen LogP contribution in [0, 0.1) is 0 Å². The molecule has 1 aromatic carbocycles. The number of benzene rings is 1. The lowest BCUT2D eigenvalue weighted by Crippen LogP contribution is -2.17. The van der Waals surface area contributed by atoms with Gasteiger partial charge in [0, 0.05) is 17.9 Å². The minimum absolute atomic E-state index is 0.0725. The van der Waals surface area contributed by atoms with Crippen LogP contribution in [0.2, 0.25) is 0 Å². The van der Waals surface area contributed by atoms with Gasteiger partial charge in [0.25, 0.3) is 0 Å². The normalized spacial score (nSPS) is 20.7. The fourth-order valence-corrected chi connectivity index (χ4v) is 2.81. The molecule has 1 saturated carbocycles. The number of furan rings is 1. The minimum atomic E-state index is 0.0725. The first-order valence-corrected chi connectivity index (χ1v) is 7.20. The lowest BCUT2D eigenvalue weighted by molar-refractivity contribution is -0.116. The zero-order valence-electron chi connectivity index (χ0n) is 12.0. The SMILES string of the molecule is COc1ccc(C=C2C(=O)CCCC2c2ccco2)cc1. The summed E-state index contributed by atoms with van der Waals surface area (Å²) in [6.07, 6.45) is 6.15. The van der Waals surface area contributed by atoms with Gasteiger partial charge in [-0.2, -0.15) is 0 Å². The van der Waals surface area contributed by atoms with Crippen LogP contribution in [0.4, 0.5) is 0 Å². The van der Waals surface area contributed by atoms with Gasteiger partial charge in [0.05, 0.1) is 13.4 Å². The molecule has 0 amide bonds. The molecule has 1 unspecified atom stereocenters. The molecule has 1 aliphatic carbocycles. The van der Waals surface area contributed by atoms with Gasteiger partial charge >= 0.3 is 0 Å². The first-order chi connectivity index (χ1) is 10.3. The molecular weight excluding hydrogens is 264 g/mol. The van der Waals surface area contributed by atoms with Gasteiger partial charge in [-0.3, -0.25) is 4.79 Å². The van der Waals surface area contributed by atoms with Crippen LogP contribution in [-0.4, -0.2) is 12.9 Å². The summed E-state index contributed by atoms with van der Waals surface area (Å²) in [6, 6.07) is 11.6. The molecule has 1 aromatic heterocycles. The van der Waals surface area contributed by atoms with Gasteiger partial charge in [-0.1, -0.05) is 12.1 Å². The van der Waals surface area contributed by atoms with Crippen LogP contribution < -0.4 is 4.74 Å². The summed E-state index contributed by atoms with van der Waals surface area (Å²) >= 11 is 0. The van der Waals surface area contributed by atoms with Crippen LogP contribution in [0.1, 0.15) is 36.5 Å². The molecule has 0 saturated heterocycles. The molecule has 1 heterocycles. The van der Waals surface area contributed by atoms with Crippen molar-refractivity contribution in [3.05, 3.63) is 59.6 Å². The topological polar surface area (TPSA) is 39.4 Å². The van der Waals surface area contributed by atoms with Gasteiger partial charge in [-0.15, -0.1) is 0 Å². The smallest absolute Gasteiger partial charge is 0.159 e. The molecule has 0 bridgehead atoms. The quantitative estimate of drug-likeness (QED) is 0.792. The van der Waals surface area contributed by atoms with Crippen molar-refractivity contribution in [3.8, 4) is 5.75 Å². The zero-order chi connectivity index (χ0) is 14.7. The van der Waals surface area contributed by atoms with Crippen LogP contribution in [0.3, 0.4) is 0 Å². The third-order valence-electron chi connectivity index (χ3n) is 3.92. The molecule has 108 valence electrons. The molecule has 3 heteroatoms. The van der Waals surface area contributed by atoms with Crippen molar-refractivity contribution in [2.45, 2.75) is 25.2 Å². The van der Waals surface area contributed by atoms with Gasteiger partial charge in [0.15, 0.2) is 5.78 Å². The van der Waals surface area contributed by atoms with Gasteiger partial charge in [-0.05, 0) is 48.7 Å². The number of carbonyl (C=O) groups is 1. The molecule has 3 rings (SSSR count). The third kappa shape index (κ3) is 2.92. The van der Waals surface area contributed by atoms with Crippen LogP contribution in [0.5, 0.6) is 5.75 Å². The third-order valence-corrected chi connectivity index (χ3v) is 3.92. The van der Waals surface area contributed by atoms with E-state index >= 15 is 0 Å². The summed E-state index contributed by atoms with van der Waals surface area (Å²) in [4.78, 5) is 12.3. The lowest BCUT2D eigenvalue weighted by Gasteiger charge is -2.22. The summed E-state index contributed by atoms with van der Waals surface area (Å²) in [5.74, 6) is 1.99. The Morgan fingerprint density at radius 2 is 2.05 bits per heavy atom. The summed E-state index contributed by atoms with van der Waals surface area (Å²) in [5.41, 5.74) is 1.86. The van der Waals surface area contributed by atoms with Crippen molar-refractivity contribution in [3.63, 3.8) is 0 Å². The van der Waals surface area contributed by atoms with Crippen LogP contribution >= 0.6 is 0 Å². The fourth-order valence-electron chi connectivity index (χ4n) is 2.81. The number of Topliss-reactive ketones (excluding diaryl/α,β-unsaturated/α-hetero) is 1. The van der Waals surface area contributed by atoms with E-state index in [1.54, 1.807) is 13.4 Å². The van der Waals surface area contributed by atoms with Crippen molar-refractivity contribution in [2.75, 3.05) is 7.11 Å². The predicted octanol–water partition coefficient (Wildman–Crippen LogP) is 4.21. The van der Waals surface area contributed by atoms with E-state index in [9.17, 15) is 4.79 Å². The second kappa shape index (κ2) is 6.00. The molecule has 0 radical (unpaired) electrons. The van der Waals surface area contributed by atoms with E-state index in [0.29, 0.717) is 6.42 Å². The van der Waals surface area contributed by atoms with Gasteiger partial charge < -0.3 is 9.15 Å². The number of ether oxygens (including phenoxy) is 1. The molecule has 21 heavy (non-hydrogen) atoms. The molecule has 3 nitrogen and oxygen atoms in total. The zero-order valence-corrected chi connectivity index (χ0v) is 12.0. The highest BCUT2D eigenvalue weighted by Gasteiger charge is 2.28. The number of ketones is 1. The molecular formula is C18H18O3. The maximum Gasteiger partial charge on any atom is 0.159 e. The summed E-state index contributed by atoms with van der Waals surface area (Å²) < 4.78 is 10.7. The number of methoxy groups -OCH3 is 1. The second-order valence-electron chi connectivity index (χ2n) is 5.26. The van der Waals surface area contributed by atoms with Gasteiger partial charge in [0.1, 0.15) is 11.5 Å². The van der Waals surface area contributed by atoms with Crippen LogP contribution in [0.15, 0.2) is 52.7 Å². The molecule has 1 atom stereocenters. The monoisotopic (exact) mass is 282 g/mol. The molecule has 1 fully saturated rings. The van der Waals surface area contributed by atoms with Crippen molar-refractivity contribution in [1.29, 1.82) is 0 Å². The highest BCUT2D eigenvalue weighted by molar-refractivity contribution is 6.01. The Morgan fingerprint density at radius 3 is 2.71 bits per heavy atom. The van der Waals surface area contributed by atoms with E-state index in [0.717, 1.165) is 35.5 Å². The van der Waals surface area contributed by atoms with E-state index in [1.165, 1.54) is 0 Å². The van der Waals surface area contributed by atoms with E-state index < -0.39 is 0 Å². The molecule has 2 aromatic rings. The van der Waals surface area contributed by atoms with E-state index in [-0.39, 0.29) is 11.7 Å². The van der Waals surface area contributed by atoms with Gasteiger partial charge in [-0.25, -0.2) is 0 Å². The number of hydrogen-bond acceptors (Lipinski definition) is 3. The summed E-state index contributed by atoms with van der Waals surface area (Å²) in [6.45, 7) is 0. The maximum absolute atomic E-state index is 12.3. The van der Waals surface area contributed by atoms with Gasteiger partial charge in [0.2, 0.25) is 0 Å². The molecule has 0 aliphatic heterocycles. The summed E-state index contributed by atoms with van der Waals surface area (Å²) in [7, 11) is 1.64. The Balaban J connectivity index is 1.94. The largest absolute Gasteiger partial charge is 0.497 e. The van der Waals surface area contributed by atoms with E-state index in [4.69, 9.17) is 9.15 Å². The molecule has 0 N–H and O–H groups in total. The van der Waals surface area contributed by atoms with Crippen molar-refractivity contribution < 1.29 is 13.9 Å². The Kier molecular flexibility index (Phi) is 3.91. The molecule has 0 spiro atoms. The summed E-state index contributed by atoms with van der Waals surface area (Å²) in [5, 5.41) is 0. The van der Waals surface area contributed by atoms with E-state index in [2.05, 4.69) is 0 Å². The van der Waals surface area contributed by atoms with Crippen molar-refractivity contribution >= 4 is 11.9 Å². The number of hydrogen-bond donors (Lipinski definition) is 0. The van der Waals surface area contributed by atoms with Crippen molar-refractivity contribution in [1.82, 2.24) is 0 Å². The number of carbonyl (C=O) groups excluding carboxylic acids is 1. The minimum Gasteiger partial charge on any atom is -0.497 e. The Labute approximate surface area is 124 Å². The standard InChI is InChI=1S/C18H18O3/c1-20-14-9-7-13(8-10-14)12-16-15(4-2-5-17(16)19)18-6-3-11-21-18/h3,6-12,15H,2,4-5H2,1H3. The Bertz CT molecular complexity index is 636. The molecule has 1 aliphatic rings. The van der Waals surface area contributed by atoms with Crippen molar-refractivity contribution in [2.24, 2.45) is 0 Å². The van der Waals surface area contributed by atoms with Crippen LogP contribution in [-0.2, 0) is 4.79 Å². The highest BCUT2D eigenvalue weighted by Crippen LogP contribution is 2.36. The second-order valence-corrected chi connectivity index (χ2v) is 5.26. The average molecular weight is 282 g/mol. The maximum atomic E-state index is 12.3. The first kappa shape index (κ1) is 13.7. The number of rotatable bonds is 3. The first-order valence-electron chi connectivity index (χ1n) is 7.20. The van der Waals surface area contributed by atoms with E-state index in [1.807, 2.05) is 42.5 Å². The Morgan fingerprint density at radius 1 is 1.24 bits per heavy atom. The predicted molar refractivity (Wildman–Crippen MR) is 81.3 cm³/mol.